The maximum Gasteiger partial charge on any atom is 0.229 e. The van der Waals surface area contributed by atoms with Gasteiger partial charge in [-0.05, 0) is 35.4 Å². The van der Waals surface area contributed by atoms with E-state index < -0.39 is 37.3 Å². The Bertz CT molecular complexity index is 817. The monoisotopic (exact) mass is 390 g/mol. The minimum Gasteiger partial charge on any atom is -0.508 e. The Kier molecular flexibility index (Phi) is 6.18. The summed E-state index contributed by atoms with van der Waals surface area (Å²) in [6.07, 6.45) is -3.52. The summed E-state index contributed by atoms with van der Waals surface area (Å²) >= 11 is 0. The zero-order valence-electron chi connectivity index (χ0n) is 14.8. The number of aliphatic hydroxyl groups excluding tert-OH is 4. The molecule has 5 atom stereocenters. The van der Waals surface area contributed by atoms with Crippen LogP contribution in [0.2, 0.25) is 0 Å². The Morgan fingerprint density at radius 3 is 2.18 bits per heavy atom. The van der Waals surface area contributed by atoms with Gasteiger partial charge in [-0.2, -0.15) is 0 Å². The number of ether oxygens (including phenoxy) is 2. The van der Waals surface area contributed by atoms with Crippen LogP contribution in [-0.2, 0) is 4.74 Å². The highest BCUT2D eigenvalue weighted by Crippen LogP contribution is 2.28. The summed E-state index contributed by atoms with van der Waals surface area (Å²) in [4.78, 5) is 0. The Labute approximate surface area is 161 Å². The lowest BCUT2D eigenvalue weighted by atomic mass is 9.99. The van der Waals surface area contributed by atoms with Crippen LogP contribution in [-0.4, -0.2) is 68.0 Å². The van der Waals surface area contributed by atoms with Crippen LogP contribution in [0, 0.1) is 0 Å². The molecule has 8 heteroatoms. The van der Waals surface area contributed by atoms with Gasteiger partial charge in [-0.15, -0.1) is 0 Å². The fourth-order valence-electron chi connectivity index (χ4n) is 2.85. The van der Waals surface area contributed by atoms with Crippen LogP contribution in [0.25, 0.3) is 12.2 Å². The largest absolute Gasteiger partial charge is 0.508 e. The van der Waals surface area contributed by atoms with Crippen LogP contribution >= 0.6 is 0 Å². The van der Waals surface area contributed by atoms with Crippen molar-refractivity contribution in [2.24, 2.45) is 0 Å². The molecule has 150 valence electrons. The number of rotatable bonds is 5. The lowest BCUT2D eigenvalue weighted by Crippen LogP contribution is -2.60. The molecule has 1 saturated heterocycles. The number of phenolic OH excluding ortho intramolecular Hbond substituents is 2. The Morgan fingerprint density at radius 1 is 0.821 bits per heavy atom. The van der Waals surface area contributed by atoms with E-state index in [2.05, 4.69) is 0 Å². The van der Waals surface area contributed by atoms with Gasteiger partial charge in [0.25, 0.3) is 0 Å². The van der Waals surface area contributed by atoms with E-state index in [1.54, 1.807) is 42.5 Å². The van der Waals surface area contributed by atoms with Crippen molar-refractivity contribution in [2.45, 2.75) is 30.7 Å². The molecule has 0 spiro atoms. The van der Waals surface area contributed by atoms with Gasteiger partial charge in [0.05, 0.1) is 6.61 Å². The summed E-state index contributed by atoms with van der Waals surface area (Å²) < 4.78 is 10.8. The second kappa shape index (κ2) is 8.59. The van der Waals surface area contributed by atoms with Gasteiger partial charge in [-0.25, -0.2) is 0 Å². The lowest BCUT2D eigenvalue weighted by molar-refractivity contribution is -0.277. The molecule has 0 radical (unpaired) electrons. The molecule has 1 heterocycles. The van der Waals surface area contributed by atoms with Gasteiger partial charge in [-0.3, -0.25) is 0 Å². The Hall–Kier alpha value is -2.62. The summed E-state index contributed by atoms with van der Waals surface area (Å²) in [7, 11) is 0. The topological polar surface area (TPSA) is 140 Å². The quantitative estimate of drug-likeness (QED) is 0.405. The zero-order valence-corrected chi connectivity index (χ0v) is 14.8. The molecule has 0 bridgehead atoms. The highest BCUT2D eigenvalue weighted by molar-refractivity contribution is 5.71. The average molecular weight is 390 g/mol. The summed E-state index contributed by atoms with van der Waals surface area (Å²) in [6.45, 7) is -0.564. The third kappa shape index (κ3) is 4.61. The van der Waals surface area contributed by atoms with E-state index in [1.807, 2.05) is 0 Å². The van der Waals surface area contributed by atoms with E-state index in [4.69, 9.17) is 9.47 Å². The van der Waals surface area contributed by atoms with Crippen molar-refractivity contribution in [1.29, 1.82) is 0 Å². The molecule has 28 heavy (non-hydrogen) atoms. The van der Waals surface area contributed by atoms with Gasteiger partial charge >= 0.3 is 0 Å². The molecular weight excluding hydrogens is 368 g/mol. The molecular formula is C20H22O8. The van der Waals surface area contributed by atoms with Crippen molar-refractivity contribution in [3.63, 3.8) is 0 Å². The van der Waals surface area contributed by atoms with Gasteiger partial charge in [0.1, 0.15) is 41.7 Å². The predicted molar refractivity (Wildman–Crippen MR) is 99.5 cm³/mol. The maximum absolute atomic E-state index is 10.1. The van der Waals surface area contributed by atoms with Crippen LogP contribution in [0.4, 0.5) is 0 Å². The Morgan fingerprint density at radius 2 is 1.50 bits per heavy atom. The second-order valence-electron chi connectivity index (χ2n) is 6.50. The fraction of sp³-hybridized carbons (Fsp3) is 0.300. The van der Waals surface area contributed by atoms with E-state index in [9.17, 15) is 30.6 Å². The van der Waals surface area contributed by atoms with Crippen molar-refractivity contribution in [3.05, 3.63) is 53.6 Å². The third-order valence-corrected chi connectivity index (χ3v) is 4.38. The normalized spacial score (nSPS) is 27.8. The first-order valence-electron chi connectivity index (χ1n) is 8.65. The molecule has 0 aliphatic carbocycles. The molecule has 1 aliphatic rings. The number of aliphatic hydroxyl groups is 4. The van der Waals surface area contributed by atoms with Crippen molar-refractivity contribution >= 4 is 12.2 Å². The molecule has 0 saturated carbocycles. The molecule has 2 aromatic rings. The zero-order chi connectivity index (χ0) is 20.3. The van der Waals surface area contributed by atoms with Crippen molar-refractivity contribution in [1.82, 2.24) is 0 Å². The number of hydrogen-bond acceptors (Lipinski definition) is 8. The minimum atomic E-state index is -1.55. The molecule has 6 N–H and O–H groups in total. The first-order valence-corrected chi connectivity index (χ1v) is 8.65. The van der Waals surface area contributed by atoms with Gasteiger partial charge in [0, 0.05) is 6.07 Å². The minimum absolute atomic E-state index is 0.0903. The van der Waals surface area contributed by atoms with E-state index in [0.29, 0.717) is 5.56 Å². The summed E-state index contributed by atoms with van der Waals surface area (Å²) in [5.41, 5.74) is 1.42. The summed E-state index contributed by atoms with van der Waals surface area (Å²) in [5, 5.41) is 58.2. The second-order valence-corrected chi connectivity index (χ2v) is 6.50. The van der Waals surface area contributed by atoms with Crippen molar-refractivity contribution in [2.75, 3.05) is 6.61 Å². The highest BCUT2D eigenvalue weighted by atomic mass is 16.7. The van der Waals surface area contributed by atoms with Crippen molar-refractivity contribution < 1.29 is 40.1 Å². The molecule has 0 aromatic heterocycles. The number of hydrogen-bond donors (Lipinski definition) is 6. The molecule has 0 amide bonds. The summed E-state index contributed by atoms with van der Waals surface area (Å²) in [5.74, 6) is 0.229. The Balaban J connectivity index is 1.76. The van der Waals surface area contributed by atoms with Gasteiger partial charge in [0.15, 0.2) is 0 Å². The van der Waals surface area contributed by atoms with Gasteiger partial charge < -0.3 is 40.1 Å². The molecule has 2 aromatic carbocycles. The summed E-state index contributed by atoms with van der Waals surface area (Å²) in [6, 6.07) is 10.9. The number of benzene rings is 2. The smallest absolute Gasteiger partial charge is 0.229 e. The van der Waals surface area contributed by atoms with Gasteiger partial charge in [-0.1, -0.05) is 24.3 Å². The molecule has 3 rings (SSSR count). The van der Waals surface area contributed by atoms with Crippen LogP contribution in [0.3, 0.4) is 0 Å². The average Bonchev–Trinajstić information content (AvgIpc) is 2.67. The molecule has 8 nitrogen and oxygen atoms in total. The van der Waals surface area contributed by atoms with E-state index in [1.165, 1.54) is 12.1 Å². The first-order chi connectivity index (χ1) is 13.4. The van der Waals surface area contributed by atoms with Gasteiger partial charge in [0.2, 0.25) is 6.29 Å². The molecule has 1 aliphatic heterocycles. The highest BCUT2D eigenvalue weighted by Gasteiger charge is 2.44. The standard InChI is InChI=1S/C20H22O8/c21-10-16-17(24)18(25)19(26)20(28-16)27-15-8-12(7-14(23)9-15)2-1-11-3-5-13(22)6-4-11/h1-9,16-26H,10H2/b2-1+/t16-,17+,18-,19+,20?/m1/s1. The number of aromatic hydroxyl groups is 2. The first kappa shape index (κ1) is 20.1. The van der Waals surface area contributed by atoms with Crippen LogP contribution < -0.4 is 4.74 Å². The SMILES string of the molecule is OC[C@H]1OC(Oc2cc(O)cc(/C=C/c3ccc(O)cc3)c2)[C@@H](O)[C@H](O)[C@H]1O. The van der Waals surface area contributed by atoms with E-state index in [0.717, 1.165) is 5.56 Å². The lowest BCUT2D eigenvalue weighted by Gasteiger charge is -2.39. The van der Waals surface area contributed by atoms with Crippen LogP contribution in [0.15, 0.2) is 42.5 Å². The molecule has 1 fully saturated rings. The third-order valence-electron chi connectivity index (χ3n) is 4.38. The van der Waals surface area contributed by atoms with Crippen LogP contribution in [0.5, 0.6) is 17.2 Å². The van der Waals surface area contributed by atoms with E-state index >= 15 is 0 Å². The van der Waals surface area contributed by atoms with Crippen molar-refractivity contribution in [3.8, 4) is 17.2 Å². The van der Waals surface area contributed by atoms with Crippen LogP contribution in [0.1, 0.15) is 11.1 Å². The fourth-order valence-corrected chi connectivity index (χ4v) is 2.85. The maximum atomic E-state index is 10.1. The number of phenols is 2. The predicted octanol–water partition coefficient (Wildman–Crippen LogP) is 0.447. The molecule has 1 unspecified atom stereocenters. The van der Waals surface area contributed by atoms with E-state index in [-0.39, 0.29) is 17.2 Å².